The van der Waals surface area contributed by atoms with Crippen molar-refractivity contribution in [3.63, 3.8) is 0 Å². The topological polar surface area (TPSA) is 24.9 Å². The van der Waals surface area contributed by atoms with E-state index in [0.717, 1.165) is 5.69 Å². The summed E-state index contributed by atoms with van der Waals surface area (Å²) < 4.78 is 0. The van der Waals surface area contributed by atoms with Crippen molar-refractivity contribution in [3.8, 4) is 0 Å². The molecule has 1 heterocycles. The number of pyridine rings is 1. The van der Waals surface area contributed by atoms with Crippen LogP contribution in [0.2, 0.25) is 5.15 Å². The van der Waals surface area contributed by atoms with Crippen LogP contribution in [0.3, 0.4) is 0 Å². The van der Waals surface area contributed by atoms with Crippen molar-refractivity contribution < 1.29 is 0 Å². The average molecular weight is 255 g/mol. The summed E-state index contributed by atoms with van der Waals surface area (Å²) in [5.74, 6) is 0. The first-order valence-electron chi connectivity index (χ1n) is 6.61. The molecule has 1 N–H and O–H groups in total. The Morgan fingerprint density at radius 3 is 2.76 bits per heavy atom. The number of nitrogens with zero attached hydrogens (tertiary/aromatic N) is 1. The minimum absolute atomic E-state index is 0.457. The van der Waals surface area contributed by atoms with E-state index in [1.807, 2.05) is 12.1 Å². The molecule has 3 heteroatoms. The van der Waals surface area contributed by atoms with Gasteiger partial charge in [-0.25, -0.2) is 4.98 Å². The van der Waals surface area contributed by atoms with Crippen LogP contribution in [0.25, 0.3) is 0 Å². The largest absolute Gasteiger partial charge is 0.380 e. The Hall–Kier alpha value is -0.760. The van der Waals surface area contributed by atoms with Gasteiger partial charge in [0.1, 0.15) is 0 Å². The lowest BCUT2D eigenvalue weighted by Crippen LogP contribution is -2.15. The van der Waals surface area contributed by atoms with Gasteiger partial charge in [0.2, 0.25) is 0 Å². The van der Waals surface area contributed by atoms with E-state index in [9.17, 15) is 0 Å². The highest BCUT2D eigenvalue weighted by atomic mass is 35.5. The molecule has 1 rings (SSSR count). The normalized spacial score (nSPS) is 12.4. The Bertz CT molecular complexity index is 315. The Labute approximate surface area is 110 Å². The van der Waals surface area contributed by atoms with Gasteiger partial charge in [0.25, 0.3) is 0 Å². The Morgan fingerprint density at radius 1 is 1.29 bits per heavy atom. The van der Waals surface area contributed by atoms with Crippen LogP contribution in [0, 0.1) is 0 Å². The van der Waals surface area contributed by atoms with E-state index in [4.69, 9.17) is 11.6 Å². The molecule has 0 fully saturated rings. The maximum absolute atomic E-state index is 6.00. The molecule has 17 heavy (non-hydrogen) atoms. The second kappa shape index (κ2) is 8.35. The zero-order chi connectivity index (χ0) is 12.5. The van der Waals surface area contributed by atoms with Gasteiger partial charge in [-0.1, -0.05) is 50.6 Å². The van der Waals surface area contributed by atoms with Gasteiger partial charge in [0.15, 0.2) is 5.15 Å². The van der Waals surface area contributed by atoms with E-state index in [1.165, 1.54) is 38.5 Å². The van der Waals surface area contributed by atoms with Crippen molar-refractivity contribution >= 4 is 17.3 Å². The summed E-state index contributed by atoms with van der Waals surface area (Å²) in [6.45, 7) is 4.44. The molecular formula is C14H23ClN2. The molecule has 0 aliphatic rings. The van der Waals surface area contributed by atoms with Crippen molar-refractivity contribution in [1.82, 2.24) is 4.98 Å². The van der Waals surface area contributed by atoms with Crippen LogP contribution < -0.4 is 5.32 Å². The molecule has 0 amide bonds. The van der Waals surface area contributed by atoms with E-state index in [-0.39, 0.29) is 0 Å². The lowest BCUT2D eigenvalue weighted by atomic mass is 10.1. The van der Waals surface area contributed by atoms with Crippen LogP contribution in [0.15, 0.2) is 18.3 Å². The molecule has 1 unspecified atom stereocenters. The molecule has 1 aromatic rings. The molecule has 0 aliphatic carbocycles. The van der Waals surface area contributed by atoms with Gasteiger partial charge in [0, 0.05) is 12.2 Å². The first-order valence-corrected chi connectivity index (χ1v) is 6.99. The average Bonchev–Trinajstić information content (AvgIpc) is 2.32. The van der Waals surface area contributed by atoms with Gasteiger partial charge in [0.05, 0.1) is 5.69 Å². The fourth-order valence-corrected chi connectivity index (χ4v) is 2.06. The molecule has 0 bridgehead atoms. The zero-order valence-corrected chi connectivity index (χ0v) is 11.6. The van der Waals surface area contributed by atoms with Gasteiger partial charge in [-0.3, -0.25) is 0 Å². The molecule has 0 saturated heterocycles. The lowest BCUT2D eigenvalue weighted by Gasteiger charge is -2.15. The molecule has 0 aromatic carbocycles. The van der Waals surface area contributed by atoms with E-state index in [2.05, 4.69) is 24.1 Å². The number of nitrogens with one attached hydrogen (secondary N) is 1. The first-order chi connectivity index (χ1) is 8.24. The fourth-order valence-electron chi connectivity index (χ4n) is 1.89. The van der Waals surface area contributed by atoms with Crippen LogP contribution in [-0.4, -0.2) is 11.0 Å². The summed E-state index contributed by atoms with van der Waals surface area (Å²) in [4.78, 5) is 4.06. The fraction of sp³-hybridized carbons (Fsp3) is 0.643. The quantitative estimate of drug-likeness (QED) is 0.527. The first kappa shape index (κ1) is 14.3. The third-order valence-corrected chi connectivity index (χ3v) is 3.20. The van der Waals surface area contributed by atoms with Crippen molar-refractivity contribution in [2.45, 2.75) is 58.4 Å². The molecule has 96 valence electrons. The lowest BCUT2D eigenvalue weighted by molar-refractivity contribution is 0.578. The Balaban J connectivity index is 2.21. The predicted octanol–water partition coefficient (Wildman–Crippen LogP) is 4.90. The maximum Gasteiger partial charge on any atom is 0.152 e. The maximum atomic E-state index is 6.00. The van der Waals surface area contributed by atoms with E-state index >= 15 is 0 Å². The predicted molar refractivity (Wildman–Crippen MR) is 75.7 cm³/mol. The third kappa shape index (κ3) is 5.92. The summed E-state index contributed by atoms with van der Waals surface area (Å²) in [5.41, 5.74) is 0.940. The van der Waals surface area contributed by atoms with Crippen LogP contribution in [0.5, 0.6) is 0 Å². The van der Waals surface area contributed by atoms with Crippen LogP contribution in [0.1, 0.15) is 52.4 Å². The van der Waals surface area contributed by atoms with Crippen molar-refractivity contribution in [2.24, 2.45) is 0 Å². The van der Waals surface area contributed by atoms with Crippen LogP contribution in [-0.2, 0) is 0 Å². The number of hydrogen-bond donors (Lipinski definition) is 1. The molecule has 0 saturated carbocycles. The van der Waals surface area contributed by atoms with Crippen molar-refractivity contribution in [3.05, 3.63) is 23.5 Å². The van der Waals surface area contributed by atoms with E-state index in [0.29, 0.717) is 11.2 Å². The minimum Gasteiger partial charge on any atom is -0.380 e. The summed E-state index contributed by atoms with van der Waals surface area (Å²) in [6, 6.07) is 4.34. The number of halogens is 1. The highest BCUT2D eigenvalue weighted by Gasteiger charge is 2.05. The number of rotatable bonds is 8. The molecule has 0 aliphatic heterocycles. The molecule has 0 radical (unpaired) electrons. The second-order valence-corrected chi connectivity index (χ2v) is 4.95. The standard InChI is InChI=1S/C14H23ClN2/c1-3-4-5-6-7-9-12(2)17-13-10-8-11-16-14(13)15/h8,10-12,17H,3-7,9H2,1-2H3. The van der Waals surface area contributed by atoms with E-state index in [1.54, 1.807) is 6.20 Å². The number of unbranched alkanes of at least 4 members (excludes halogenated alkanes) is 4. The monoisotopic (exact) mass is 254 g/mol. The molecule has 1 aromatic heterocycles. The summed E-state index contributed by atoms with van der Waals surface area (Å²) in [5, 5.41) is 3.97. The summed E-state index contributed by atoms with van der Waals surface area (Å²) in [6.07, 6.45) is 9.54. The second-order valence-electron chi connectivity index (χ2n) is 4.59. The summed E-state index contributed by atoms with van der Waals surface area (Å²) in [7, 11) is 0. The van der Waals surface area contributed by atoms with Crippen molar-refractivity contribution in [1.29, 1.82) is 0 Å². The van der Waals surface area contributed by atoms with Gasteiger partial charge >= 0.3 is 0 Å². The summed E-state index contributed by atoms with van der Waals surface area (Å²) >= 11 is 6.00. The Kier molecular flexibility index (Phi) is 7.02. The number of aromatic nitrogens is 1. The molecule has 1 atom stereocenters. The third-order valence-electron chi connectivity index (χ3n) is 2.90. The minimum atomic E-state index is 0.457. The van der Waals surface area contributed by atoms with Gasteiger partial charge in [-0.15, -0.1) is 0 Å². The Morgan fingerprint density at radius 2 is 2.06 bits per heavy atom. The number of anilines is 1. The highest BCUT2D eigenvalue weighted by molar-refractivity contribution is 6.31. The van der Waals surface area contributed by atoms with Crippen LogP contribution in [0.4, 0.5) is 5.69 Å². The zero-order valence-electron chi connectivity index (χ0n) is 10.9. The van der Waals surface area contributed by atoms with Gasteiger partial charge < -0.3 is 5.32 Å². The number of hydrogen-bond acceptors (Lipinski definition) is 2. The SMILES string of the molecule is CCCCCCCC(C)Nc1cccnc1Cl. The van der Waals surface area contributed by atoms with Crippen LogP contribution >= 0.6 is 11.6 Å². The molecular weight excluding hydrogens is 232 g/mol. The van der Waals surface area contributed by atoms with Gasteiger partial charge in [-0.2, -0.15) is 0 Å². The van der Waals surface area contributed by atoms with Crippen molar-refractivity contribution in [2.75, 3.05) is 5.32 Å². The van der Waals surface area contributed by atoms with Gasteiger partial charge in [-0.05, 0) is 25.5 Å². The smallest absolute Gasteiger partial charge is 0.152 e. The van der Waals surface area contributed by atoms with E-state index < -0.39 is 0 Å². The highest BCUT2D eigenvalue weighted by Crippen LogP contribution is 2.19. The molecule has 2 nitrogen and oxygen atoms in total. The molecule has 0 spiro atoms.